The Hall–Kier alpha value is -1.10. The summed E-state index contributed by atoms with van der Waals surface area (Å²) in [6.07, 6.45) is 1.88. The van der Waals surface area contributed by atoms with Gasteiger partial charge in [0, 0.05) is 24.7 Å². The molecule has 0 spiro atoms. The number of carbonyl (C=O) groups excluding carboxylic acids is 1. The van der Waals surface area contributed by atoms with Gasteiger partial charge in [-0.1, -0.05) is 0 Å². The van der Waals surface area contributed by atoms with E-state index in [4.69, 9.17) is 4.74 Å². The van der Waals surface area contributed by atoms with Crippen LogP contribution in [0.15, 0.2) is 16.7 Å². The molecule has 1 aliphatic rings. The predicted octanol–water partition coefficient (Wildman–Crippen LogP) is 4.27. The smallest absolute Gasteiger partial charge is 0.410 e. The Kier molecular flexibility index (Phi) is 4.91. The van der Waals surface area contributed by atoms with Crippen LogP contribution in [0, 0.1) is 6.92 Å². The molecule has 116 valence electrons. The van der Waals surface area contributed by atoms with Gasteiger partial charge in [-0.05, 0) is 74.2 Å². The van der Waals surface area contributed by atoms with Gasteiger partial charge in [0.2, 0.25) is 0 Å². The maximum Gasteiger partial charge on any atom is 0.410 e. The molecular weight excluding hydrogens is 332 g/mol. The third kappa shape index (κ3) is 4.70. The minimum Gasteiger partial charge on any atom is -0.444 e. The second-order valence-corrected chi connectivity index (χ2v) is 7.44. The molecular formula is C16H23BrN2O2. The minimum absolute atomic E-state index is 0.211. The molecule has 2 heterocycles. The zero-order chi connectivity index (χ0) is 15.6. The van der Waals surface area contributed by atoms with Crippen LogP contribution in [0.25, 0.3) is 0 Å². The van der Waals surface area contributed by atoms with Crippen molar-refractivity contribution < 1.29 is 9.53 Å². The number of hydrogen-bond donors (Lipinski definition) is 0. The molecule has 1 unspecified atom stereocenters. The summed E-state index contributed by atoms with van der Waals surface area (Å²) in [6.45, 7) is 9.17. The summed E-state index contributed by atoms with van der Waals surface area (Å²) in [4.78, 5) is 18.4. The van der Waals surface area contributed by atoms with Gasteiger partial charge in [0.1, 0.15) is 10.2 Å². The molecule has 5 heteroatoms. The number of likely N-dealkylation sites (tertiary alicyclic amines) is 1. The lowest BCUT2D eigenvalue weighted by Gasteiger charge is -2.34. The van der Waals surface area contributed by atoms with E-state index in [1.165, 1.54) is 5.56 Å². The van der Waals surface area contributed by atoms with Crippen molar-refractivity contribution in [2.45, 2.75) is 52.1 Å². The molecule has 0 N–H and O–H groups in total. The van der Waals surface area contributed by atoms with Crippen molar-refractivity contribution in [2.24, 2.45) is 0 Å². The molecule has 0 saturated carbocycles. The fourth-order valence-electron chi connectivity index (χ4n) is 2.63. The number of amides is 1. The first kappa shape index (κ1) is 16.3. The Labute approximate surface area is 135 Å². The van der Waals surface area contributed by atoms with E-state index < -0.39 is 5.60 Å². The maximum atomic E-state index is 12.2. The van der Waals surface area contributed by atoms with Crippen molar-refractivity contribution in [2.75, 3.05) is 13.1 Å². The van der Waals surface area contributed by atoms with Crippen molar-refractivity contribution in [1.29, 1.82) is 0 Å². The first-order valence-electron chi connectivity index (χ1n) is 7.36. The molecule has 1 aromatic rings. The summed E-state index contributed by atoms with van der Waals surface area (Å²) < 4.78 is 6.33. The number of aryl methyl sites for hydroxylation is 1. The number of ether oxygens (including phenoxy) is 1. The molecule has 1 aliphatic heterocycles. The number of carbonyl (C=O) groups is 1. The number of halogens is 1. The molecule has 1 aromatic heterocycles. The van der Waals surface area contributed by atoms with E-state index in [1.807, 2.05) is 32.6 Å². The zero-order valence-electron chi connectivity index (χ0n) is 13.1. The average Bonchev–Trinajstić information content (AvgIpc) is 2.36. The second-order valence-electron chi connectivity index (χ2n) is 6.63. The first-order valence-corrected chi connectivity index (χ1v) is 8.16. The zero-order valence-corrected chi connectivity index (χ0v) is 14.7. The van der Waals surface area contributed by atoms with Crippen LogP contribution < -0.4 is 0 Å². The lowest BCUT2D eigenvalue weighted by atomic mass is 9.91. The number of rotatable bonds is 1. The second kappa shape index (κ2) is 6.34. The van der Waals surface area contributed by atoms with E-state index in [0.29, 0.717) is 12.5 Å². The summed E-state index contributed by atoms with van der Waals surface area (Å²) in [6, 6.07) is 4.16. The van der Waals surface area contributed by atoms with Crippen LogP contribution in [0.2, 0.25) is 0 Å². The van der Waals surface area contributed by atoms with Gasteiger partial charge < -0.3 is 9.64 Å². The highest BCUT2D eigenvalue weighted by atomic mass is 79.9. The SMILES string of the molecule is Cc1cc(C2CCCN(C(=O)OC(C)(C)C)C2)cc(Br)n1. The van der Waals surface area contributed by atoms with E-state index in [9.17, 15) is 4.79 Å². The number of pyridine rings is 1. The summed E-state index contributed by atoms with van der Waals surface area (Å²) in [5.41, 5.74) is 1.79. The van der Waals surface area contributed by atoms with Crippen LogP contribution >= 0.6 is 15.9 Å². The standard InChI is InChI=1S/C16H23BrN2O2/c1-11-8-13(9-14(17)18-11)12-6-5-7-19(10-12)15(20)21-16(2,3)4/h8-9,12H,5-7,10H2,1-4H3. The van der Waals surface area contributed by atoms with Crippen LogP contribution in [-0.2, 0) is 4.74 Å². The van der Waals surface area contributed by atoms with E-state index >= 15 is 0 Å². The molecule has 1 atom stereocenters. The van der Waals surface area contributed by atoms with Gasteiger partial charge in [-0.3, -0.25) is 0 Å². The molecule has 0 radical (unpaired) electrons. The quantitative estimate of drug-likeness (QED) is 0.707. The summed E-state index contributed by atoms with van der Waals surface area (Å²) in [5, 5.41) is 0. The Balaban J connectivity index is 2.08. The van der Waals surface area contributed by atoms with Crippen molar-refractivity contribution >= 4 is 22.0 Å². The Morgan fingerprint density at radius 2 is 2.14 bits per heavy atom. The van der Waals surface area contributed by atoms with E-state index in [1.54, 1.807) is 0 Å². The highest BCUT2D eigenvalue weighted by molar-refractivity contribution is 9.10. The Morgan fingerprint density at radius 3 is 2.76 bits per heavy atom. The molecule has 1 amide bonds. The fraction of sp³-hybridized carbons (Fsp3) is 0.625. The van der Waals surface area contributed by atoms with Crippen LogP contribution in [0.4, 0.5) is 4.79 Å². The van der Waals surface area contributed by atoms with Gasteiger partial charge in [0.05, 0.1) is 0 Å². The normalized spacial score (nSPS) is 19.5. The molecule has 1 saturated heterocycles. The summed E-state index contributed by atoms with van der Waals surface area (Å²) in [7, 11) is 0. The predicted molar refractivity (Wildman–Crippen MR) is 86.5 cm³/mol. The average molecular weight is 355 g/mol. The maximum absolute atomic E-state index is 12.2. The van der Waals surface area contributed by atoms with Crippen molar-refractivity contribution in [3.63, 3.8) is 0 Å². The highest BCUT2D eigenvalue weighted by Crippen LogP contribution is 2.29. The van der Waals surface area contributed by atoms with E-state index in [-0.39, 0.29) is 6.09 Å². The molecule has 0 aliphatic carbocycles. The van der Waals surface area contributed by atoms with Gasteiger partial charge in [0.25, 0.3) is 0 Å². The van der Waals surface area contributed by atoms with Crippen LogP contribution in [0.5, 0.6) is 0 Å². The summed E-state index contributed by atoms with van der Waals surface area (Å²) in [5.74, 6) is 0.351. The molecule has 4 nitrogen and oxygen atoms in total. The number of piperidine rings is 1. The van der Waals surface area contributed by atoms with Crippen LogP contribution in [-0.4, -0.2) is 34.7 Å². The Morgan fingerprint density at radius 1 is 1.43 bits per heavy atom. The van der Waals surface area contributed by atoms with Gasteiger partial charge in [-0.15, -0.1) is 0 Å². The van der Waals surface area contributed by atoms with Crippen LogP contribution in [0.1, 0.15) is 50.8 Å². The van der Waals surface area contributed by atoms with Crippen molar-refractivity contribution in [3.8, 4) is 0 Å². The highest BCUT2D eigenvalue weighted by Gasteiger charge is 2.28. The van der Waals surface area contributed by atoms with E-state index in [0.717, 1.165) is 29.7 Å². The lowest BCUT2D eigenvalue weighted by molar-refractivity contribution is 0.0198. The molecule has 0 aromatic carbocycles. The third-order valence-electron chi connectivity index (χ3n) is 3.49. The largest absolute Gasteiger partial charge is 0.444 e. The molecule has 2 rings (SSSR count). The minimum atomic E-state index is -0.444. The van der Waals surface area contributed by atoms with Crippen LogP contribution in [0.3, 0.4) is 0 Å². The number of hydrogen-bond acceptors (Lipinski definition) is 3. The van der Waals surface area contributed by atoms with Gasteiger partial charge >= 0.3 is 6.09 Å². The molecule has 21 heavy (non-hydrogen) atoms. The molecule has 0 bridgehead atoms. The summed E-state index contributed by atoms with van der Waals surface area (Å²) >= 11 is 3.45. The van der Waals surface area contributed by atoms with Crippen molar-refractivity contribution in [3.05, 3.63) is 28.0 Å². The first-order chi connectivity index (χ1) is 9.74. The van der Waals surface area contributed by atoms with E-state index in [2.05, 4.69) is 33.0 Å². The van der Waals surface area contributed by atoms with Gasteiger partial charge in [-0.25, -0.2) is 9.78 Å². The monoisotopic (exact) mass is 354 g/mol. The number of nitrogens with zero attached hydrogens (tertiary/aromatic N) is 2. The molecule has 1 fully saturated rings. The van der Waals surface area contributed by atoms with Gasteiger partial charge in [-0.2, -0.15) is 0 Å². The number of aromatic nitrogens is 1. The van der Waals surface area contributed by atoms with Crippen molar-refractivity contribution in [1.82, 2.24) is 9.88 Å². The fourth-order valence-corrected chi connectivity index (χ4v) is 3.17. The third-order valence-corrected chi connectivity index (χ3v) is 3.90. The lowest BCUT2D eigenvalue weighted by Crippen LogP contribution is -2.42. The van der Waals surface area contributed by atoms with Gasteiger partial charge in [0.15, 0.2) is 0 Å². The Bertz CT molecular complexity index is 505. The topological polar surface area (TPSA) is 42.4 Å².